The minimum atomic E-state index is 0.221. The zero-order valence-electron chi connectivity index (χ0n) is 10.5. The van der Waals surface area contributed by atoms with E-state index in [0.29, 0.717) is 11.6 Å². The molecule has 98 valence electrons. The first kappa shape index (κ1) is 12.0. The Hall–Kier alpha value is -1.10. The van der Waals surface area contributed by atoms with E-state index in [1.54, 1.807) is 0 Å². The topological polar surface area (TPSA) is 59.2 Å². The number of nitrogens with two attached hydrogens (primary N) is 1. The van der Waals surface area contributed by atoms with Gasteiger partial charge in [0.15, 0.2) is 5.13 Å². The van der Waals surface area contributed by atoms with Crippen LogP contribution in [-0.2, 0) is 11.2 Å². The van der Waals surface area contributed by atoms with Crippen molar-refractivity contribution in [2.75, 3.05) is 18.8 Å². The molecule has 0 spiro atoms. The highest BCUT2D eigenvalue weighted by Crippen LogP contribution is 2.34. The van der Waals surface area contributed by atoms with Crippen LogP contribution in [0.4, 0.5) is 5.13 Å². The zero-order chi connectivity index (χ0) is 12.5. The number of thiazole rings is 1. The maximum Gasteiger partial charge on any atom is 0.228 e. The van der Waals surface area contributed by atoms with Gasteiger partial charge in [0.2, 0.25) is 5.91 Å². The molecule has 0 radical (unpaired) electrons. The average molecular weight is 265 g/mol. The SMILES string of the molecule is Nc1nc(CC(=O)N(CC2CC2)CC2CC2)cs1. The Morgan fingerprint density at radius 2 is 1.94 bits per heavy atom. The Morgan fingerprint density at radius 1 is 1.33 bits per heavy atom. The summed E-state index contributed by atoms with van der Waals surface area (Å²) in [7, 11) is 0. The molecule has 2 aliphatic carbocycles. The second-order valence-corrected chi connectivity index (χ2v) is 6.43. The van der Waals surface area contributed by atoms with E-state index in [0.717, 1.165) is 30.6 Å². The predicted molar refractivity (Wildman–Crippen MR) is 72.3 cm³/mol. The molecule has 3 rings (SSSR count). The van der Waals surface area contributed by atoms with Gasteiger partial charge in [-0.1, -0.05) is 0 Å². The minimum Gasteiger partial charge on any atom is -0.375 e. The van der Waals surface area contributed by atoms with Gasteiger partial charge in [-0.15, -0.1) is 11.3 Å². The summed E-state index contributed by atoms with van der Waals surface area (Å²) in [6, 6.07) is 0. The highest BCUT2D eigenvalue weighted by molar-refractivity contribution is 7.13. The van der Waals surface area contributed by atoms with Crippen LogP contribution in [-0.4, -0.2) is 28.9 Å². The van der Waals surface area contributed by atoms with E-state index in [-0.39, 0.29) is 5.91 Å². The van der Waals surface area contributed by atoms with Gasteiger partial charge in [-0.05, 0) is 37.5 Å². The molecule has 2 saturated carbocycles. The minimum absolute atomic E-state index is 0.221. The summed E-state index contributed by atoms with van der Waals surface area (Å²) in [5.41, 5.74) is 6.41. The lowest BCUT2D eigenvalue weighted by atomic mass is 10.2. The van der Waals surface area contributed by atoms with Gasteiger partial charge in [0, 0.05) is 18.5 Å². The van der Waals surface area contributed by atoms with Gasteiger partial charge in [-0.3, -0.25) is 4.79 Å². The normalized spacial score (nSPS) is 18.9. The summed E-state index contributed by atoms with van der Waals surface area (Å²) in [6.07, 6.45) is 5.57. The van der Waals surface area contributed by atoms with Crippen molar-refractivity contribution in [1.82, 2.24) is 9.88 Å². The molecule has 18 heavy (non-hydrogen) atoms. The molecule has 2 fully saturated rings. The van der Waals surface area contributed by atoms with Crippen LogP contribution in [0.3, 0.4) is 0 Å². The second kappa shape index (κ2) is 4.88. The monoisotopic (exact) mass is 265 g/mol. The summed E-state index contributed by atoms with van der Waals surface area (Å²) < 4.78 is 0. The van der Waals surface area contributed by atoms with E-state index < -0.39 is 0 Å². The van der Waals surface area contributed by atoms with E-state index in [1.165, 1.54) is 37.0 Å². The summed E-state index contributed by atoms with van der Waals surface area (Å²) in [6.45, 7) is 1.91. The van der Waals surface area contributed by atoms with Crippen molar-refractivity contribution in [3.63, 3.8) is 0 Å². The van der Waals surface area contributed by atoms with Crippen LogP contribution in [0.15, 0.2) is 5.38 Å². The standard InChI is InChI=1S/C13H19N3OS/c14-13-15-11(8-18-13)5-12(17)16(6-9-1-2-9)7-10-3-4-10/h8-10H,1-7H2,(H2,14,15). The van der Waals surface area contributed by atoms with Crippen molar-refractivity contribution < 1.29 is 4.79 Å². The fraction of sp³-hybridized carbons (Fsp3) is 0.692. The van der Waals surface area contributed by atoms with Crippen LogP contribution in [0.25, 0.3) is 0 Å². The first-order valence-electron chi connectivity index (χ1n) is 6.68. The van der Waals surface area contributed by atoms with Gasteiger partial charge in [-0.25, -0.2) is 4.98 Å². The van der Waals surface area contributed by atoms with Gasteiger partial charge in [0.05, 0.1) is 12.1 Å². The number of hydrogen-bond acceptors (Lipinski definition) is 4. The Labute approximate surface area is 111 Å². The quantitative estimate of drug-likeness (QED) is 0.855. The second-order valence-electron chi connectivity index (χ2n) is 5.54. The number of nitrogens with zero attached hydrogens (tertiary/aromatic N) is 2. The highest BCUT2D eigenvalue weighted by atomic mass is 32.1. The van der Waals surface area contributed by atoms with Crippen LogP contribution >= 0.6 is 11.3 Å². The number of rotatable bonds is 6. The van der Waals surface area contributed by atoms with Crippen molar-refractivity contribution in [3.8, 4) is 0 Å². The largest absolute Gasteiger partial charge is 0.375 e. The molecule has 1 aromatic heterocycles. The molecule has 5 heteroatoms. The number of anilines is 1. The van der Waals surface area contributed by atoms with Crippen molar-refractivity contribution in [2.45, 2.75) is 32.1 Å². The Bertz CT molecular complexity index is 423. The number of nitrogen functional groups attached to an aromatic ring is 1. The zero-order valence-corrected chi connectivity index (χ0v) is 11.3. The molecule has 0 unspecified atom stereocenters. The third kappa shape index (κ3) is 3.22. The molecule has 2 aliphatic rings. The number of carbonyl (C=O) groups is 1. The van der Waals surface area contributed by atoms with Crippen LogP contribution in [0.2, 0.25) is 0 Å². The first-order valence-corrected chi connectivity index (χ1v) is 7.56. The molecule has 1 heterocycles. The summed E-state index contributed by atoms with van der Waals surface area (Å²) in [5, 5.41) is 2.44. The van der Waals surface area contributed by atoms with Gasteiger partial charge in [-0.2, -0.15) is 0 Å². The Balaban J connectivity index is 1.58. The molecule has 1 aromatic rings. The lowest BCUT2D eigenvalue weighted by Gasteiger charge is -2.22. The van der Waals surface area contributed by atoms with Gasteiger partial charge in [0.1, 0.15) is 0 Å². The van der Waals surface area contributed by atoms with Crippen LogP contribution < -0.4 is 5.73 Å². The van der Waals surface area contributed by atoms with E-state index in [1.807, 2.05) is 5.38 Å². The molecule has 2 N–H and O–H groups in total. The third-order valence-corrected chi connectivity index (χ3v) is 4.33. The summed E-state index contributed by atoms with van der Waals surface area (Å²) in [5.74, 6) is 1.74. The molecule has 0 atom stereocenters. The third-order valence-electron chi connectivity index (χ3n) is 3.61. The molecule has 0 aliphatic heterocycles. The fourth-order valence-corrected chi connectivity index (χ4v) is 2.74. The van der Waals surface area contributed by atoms with Gasteiger partial charge in [0.25, 0.3) is 0 Å². The lowest BCUT2D eigenvalue weighted by Crippen LogP contribution is -2.35. The van der Waals surface area contributed by atoms with Gasteiger partial charge >= 0.3 is 0 Å². The molecule has 4 nitrogen and oxygen atoms in total. The van der Waals surface area contributed by atoms with Crippen molar-refractivity contribution in [2.24, 2.45) is 11.8 Å². The molecular formula is C13H19N3OS. The van der Waals surface area contributed by atoms with Crippen LogP contribution in [0.5, 0.6) is 0 Å². The Kier molecular flexibility index (Phi) is 3.24. The molecule has 0 aromatic carbocycles. The average Bonchev–Trinajstić information content (AvgIpc) is 3.23. The van der Waals surface area contributed by atoms with E-state index in [2.05, 4.69) is 9.88 Å². The molecule has 0 bridgehead atoms. The summed E-state index contributed by atoms with van der Waals surface area (Å²) >= 11 is 1.41. The smallest absolute Gasteiger partial charge is 0.228 e. The number of amides is 1. The molecule has 0 saturated heterocycles. The van der Waals surface area contributed by atoms with Crippen LogP contribution in [0, 0.1) is 11.8 Å². The number of hydrogen-bond donors (Lipinski definition) is 1. The predicted octanol–water partition coefficient (Wildman–Crippen LogP) is 1.92. The maximum atomic E-state index is 12.3. The van der Waals surface area contributed by atoms with Crippen molar-refractivity contribution in [3.05, 3.63) is 11.1 Å². The maximum absolute atomic E-state index is 12.3. The first-order chi connectivity index (χ1) is 8.70. The van der Waals surface area contributed by atoms with E-state index in [9.17, 15) is 4.79 Å². The number of carbonyl (C=O) groups excluding carboxylic acids is 1. The molecule has 1 amide bonds. The fourth-order valence-electron chi connectivity index (χ4n) is 2.17. The summed E-state index contributed by atoms with van der Waals surface area (Å²) in [4.78, 5) is 18.5. The highest BCUT2D eigenvalue weighted by Gasteiger charge is 2.31. The van der Waals surface area contributed by atoms with E-state index in [4.69, 9.17) is 5.73 Å². The van der Waals surface area contributed by atoms with Crippen molar-refractivity contribution in [1.29, 1.82) is 0 Å². The molecular weight excluding hydrogens is 246 g/mol. The lowest BCUT2D eigenvalue weighted by molar-refractivity contribution is -0.131. The van der Waals surface area contributed by atoms with Crippen molar-refractivity contribution >= 4 is 22.4 Å². The van der Waals surface area contributed by atoms with E-state index >= 15 is 0 Å². The Morgan fingerprint density at radius 3 is 2.39 bits per heavy atom. The number of aromatic nitrogens is 1. The van der Waals surface area contributed by atoms with Crippen LogP contribution in [0.1, 0.15) is 31.4 Å². The van der Waals surface area contributed by atoms with Gasteiger partial charge < -0.3 is 10.6 Å².